The highest BCUT2D eigenvalue weighted by Gasteiger charge is 2.19. The Labute approximate surface area is 191 Å². The van der Waals surface area contributed by atoms with Gasteiger partial charge in [0.2, 0.25) is 0 Å². The molecule has 1 amide bonds. The maximum atomic E-state index is 12.7. The van der Waals surface area contributed by atoms with Gasteiger partial charge in [-0.3, -0.25) is 4.79 Å². The summed E-state index contributed by atoms with van der Waals surface area (Å²) in [5.41, 5.74) is 3.38. The smallest absolute Gasteiger partial charge is 0.340 e. The van der Waals surface area contributed by atoms with Gasteiger partial charge in [-0.15, -0.1) is 0 Å². The third-order valence-electron chi connectivity index (χ3n) is 4.74. The van der Waals surface area contributed by atoms with E-state index in [0.29, 0.717) is 16.5 Å². The van der Waals surface area contributed by atoms with Crippen molar-refractivity contribution in [3.63, 3.8) is 0 Å². The largest absolute Gasteiger partial charge is 0.452 e. The molecule has 0 bridgehead atoms. The second-order valence-electron chi connectivity index (χ2n) is 7.21. The molecule has 2 aromatic heterocycles. The molecule has 1 aromatic carbocycles. The molecule has 0 spiro atoms. The lowest BCUT2D eigenvalue weighted by Gasteiger charge is -2.22. The van der Waals surface area contributed by atoms with Gasteiger partial charge in [-0.25, -0.2) is 14.5 Å². The van der Waals surface area contributed by atoms with Crippen molar-refractivity contribution >= 4 is 29.2 Å². The molecule has 0 aliphatic rings. The monoisotopic (exact) mass is 451 g/mol. The molecule has 0 N–H and O–H groups in total. The minimum atomic E-state index is -0.668. The van der Waals surface area contributed by atoms with Crippen LogP contribution in [0, 0.1) is 32.1 Å². The van der Waals surface area contributed by atoms with Crippen molar-refractivity contribution < 1.29 is 14.3 Å². The molecule has 0 saturated heterocycles. The van der Waals surface area contributed by atoms with Crippen molar-refractivity contribution in [2.24, 2.45) is 0 Å². The molecule has 3 rings (SSSR count). The van der Waals surface area contributed by atoms with E-state index >= 15 is 0 Å². The quantitative estimate of drug-likeness (QED) is 0.504. The number of esters is 1. The molecule has 8 nitrogen and oxygen atoms in total. The van der Waals surface area contributed by atoms with Crippen molar-refractivity contribution in [1.82, 2.24) is 14.8 Å². The molecular formula is C23H22ClN5O3. The predicted molar refractivity (Wildman–Crippen MR) is 120 cm³/mol. The topological polar surface area (TPSA) is 101 Å². The van der Waals surface area contributed by atoms with Crippen LogP contribution in [0.15, 0.2) is 42.6 Å². The van der Waals surface area contributed by atoms with Gasteiger partial charge in [-0.05, 0) is 62.7 Å². The highest BCUT2D eigenvalue weighted by Crippen LogP contribution is 2.23. The van der Waals surface area contributed by atoms with E-state index in [4.69, 9.17) is 21.6 Å². The van der Waals surface area contributed by atoms with Crippen LogP contribution in [0.3, 0.4) is 0 Å². The Hall–Kier alpha value is -3.70. The average Bonchev–Trinajstić information content (AvgIpc) is 3.12. The van der Waals surface area contributed by atoms with Crippen LogP contribution in [-0.2, 0) is 9.53 Å². The van der Waals surface area contributed by atoms with E-state index in [2.05, 4.69) is 10.1 Å². The molecular weight excluding hydrogens is 430 g/mol. The molecule has 164 valence electrons. The maximum absolute atomic E-state index is 12.7. The third kappa shape index (κ3) is 5.31. The van der Waals surface area contributed by atoms with E-state index < -0.39 is 18.5 Å². The molecule has 0 unspecified atom stereocenters. The lowest BCUT2D eigenvalue weighted by Crippen LogP contribution is -2.35. The minimum Gasteiger partial charge on any atom is -0.452 e. The second kappa shape index (κ2) is 10.1. The van der Waals surface area contributed by atoms with Gasteiger partial charge >= 0.3 is 5.97 Å². The molecule has 0 saturated carbocycles. The summed E-state index contributed by atoms with van der Waals surface area (Å²) in [6.07, 6.45) is 1.52. The van der Waals surface area contributed by atoms with Gasteiger partial charge in [-0.2, -0.15) is 10.4 Å². The molecule has 0 atom stereocenters. The van der Waals surface area contributed by atoms with Crippen LogP contribution in [0.5, 0.6) is 0 Å². The number of aromatic nitrogens is 3. The summed E-state index contributed by atoms with van der Waals surface area (Å²) < 4.78 is 6.87. The predicted octanol–water partition coefficient (Wildman–Crippen LogP) is 3.95. The number of carbonyl (C=O) groups excluding carboxylic acids is 2. The van der Waals surface area contributed by atoms with E-state index in [-0.39, 0.29) is 18.5 Å². The second-order valence-corrected chi connectivity index (χ2v) is 7.61. The normalized spacial score (nSPS) is 10.5. The van der Waals surface area contributed by atoms with Crippen molar-refractivity contribution in [1.29, 1.82) is 5.26 Å². The van der Waals surface area contributed by atoms with E-state index in [0.717, 1.165) is 17.0 Å². The van der Waals surface area contributed by atoms with Crippen LogP contribution in [0.2, 0.25) is 5.02 Å². The third-order valence-corrected chi connectivity index (χ3v) is 5.16. The van der Waals surface area contributed by atoms with Crippen molar-refractivity contribution in [2.45, 2.75) is 27.2 Å². The summed E-state index contributed by atoms with van der Waals surface area (Å²) in [6.45, 7) is 5.33. The van der Waals surface area contributed by atoms with Crippen LogP contribution in [0.1, 0.15) is 33.7 Å². The fourth-order valence-electron chi connectivity index (χ4n) is 3.14. The van der Waals surface area contributed by atoms with Crippen LogP contribution >= 0.6 is 11.6 Å². The number of benzene rings is 1. The molecule has 0 aliphatic carbocycles. The van der Waals surface area contributed by atoms with Gasteiger partial charge in [0, 0.05) is 29.1 Å². The summed E-state index contributed by atoms with van der Waals surface area (Å²) in [6, 6.07) is 12.3. The first-order valence-electron chi connectivity index (χ1n) is 9.90. The minimum absolute atomic E-state index is 0.138. The first-order valence-corrected chi connectivity index (χ1v) is 10.3. The summed E-state index contributed by atoms with van der Waals surface area (Å²) in [5, 5.41) is 13.9. The van der Waals surface area contributed by atoms with E-state index in [1.807, 2.05) is 32.9 Å². The highest BCUT2D eigenvalue weighted by atomic mass is 35.5. The fourth-order valence-corrected chi connectivity index (χ4v) is 3.26. The van der Waals surface area contributed by atoms with E-state index in [9.17, 15) is 9.59 Å². The zero-order valence-corrected chi connectivity index (χ0v) is 18.8. The zero-order chi connectivity index (χ0) is 23.3. The summed E-state index contributed by atoms with van der Waals surface area (Å²) in [5.74, 6) is -0.537. The van der Waals surface area contributed by atoms with Crippen molar-refractivity contribution in [3.05, 3.63) is 70.1 Å². The van der Waals surface area contributed by atoms with Gasteiger partial charge < -0.3 is 9.64 Å². The van der Waals surface area contributed by atoms with Gasteiger partial charge in [0.15, 0.2) is 12.4 Å². The highest BCUT2D eigenvalue weighted by molar-refractivity contribution is 6.31. The van der Waals surface area contributed by atoms with Crippen LogP contribution < -0.4 is 4.90 Å². The van der Waals surface area contributed by atoms with E-state index in [1.165, 1.54) is 11.1 Å². The fraction of sp³-hybridized carbons (Fsp3) is 0.261. The summed E-state index contributed by atoms with van der Waals surface area (Å²) >= 11 is 6.06. The van der Waals surface area contributed by atoms with Gasteiger partial charge in [-0.1, -0.05) is 11.6 Å². The van der Waals surface area contributed by atoms with Crippen molar-refractivity contribution in [3.8, 4) is 11.9 Å². The van der Waals surface area contributed by atoms with E-state index in [1.54, 1.807) is 35.0 Å². The number of nitriles is 1. The molecule has 0 aliphatic heterocycles. The number of halogens is 1. The zero-order valence-electron chi connectivity index (χ0n) is 18.0. The molecule has 0 fully saturated rings. The number of nitrogens with zero attached hydrogens (tertiary/aromatic N) is 5. The molecule has 9 heteroatoms. The number of rotatable bonds is 7. The Morgan fingerprint density at radius 2 is 1.97 bits per heavy atom. The van der Waals surface area contributed by atoms with Crippen LogP contribution in [-0.4, -0.2) is 39.8 Å². The Kier molecular flexibility index (Phi) is 7.23. The Morgan fingerprint density at radius 1 is 1.19 bits per heavy atom. The SMILES string of the molecule is Cc1cc(C)n(-c2ccc(C(=O)OCC(=O)N(CCC#N)c3ccc(Cl)c(C)c3)cn2)n1. The number of aryl methyl sites for hydroxylation is 3. The number of carbonyl (C=O) groups is 2. The first kappa shape index (κ1) is 23.0. The van der Waals surface area contributed by atoms with Crippen molar-refractivity contribution in [2.75, 3.05) is 18.1 Å². The first-order chi connectivity index (χ1) is 15.3. The molecule has 3 aromatic rings. The Morgan fingerprint density at radius 3 is 2.56 bits per heavy atom. The van der Waals surface area contributed by atoms with Crippen LogP contribution in [0.4, 0.5) is 5.69 Å². The Balaban J connectivity index is 1.67. The lowest BCUT2D eigenvalue weighted by atomic mass is 10.2. The number of hydrogen-bond acceptors (Lipinski definition) is 6. The average molecular weight is 452 g/mol. The maximum Gasteiger partial charge on any atom is 0.340 e. The number of anilines is 1. The standard InChI is InChI=1S/C23H22ClN5O3/c1-15-11-19(6-7-20(15)24)28(10-4-9-25)22(30)14-32-23(31)18-5-8-21(26-13-18)29-17(3)12-16(2)27-29/h5-8,11-13H,4,10,14H2,1-3H3. The molecule has 32 heavy (non-hydrogen) atoms. The number of hydrogen-bond donors (Lipinski definition) is 0. The lowest BCUT2D eigenvalue weighted by molar-refractivity contribution is -0.121. The van der Waals surface area contributed by atoms with Crippen LogP contribution in [0.25, 0.3) is 5.82 Å². The van der Waals surface area contributed by atoms with Gasteiger partial charge in [0.05, 0.1) is 23.7 Å². The summed E-state index contributed by atoms with van der Waals surface area (Å²) in [4.78, 5) is 30.8. The number of ether oxygens (including phenoxy) is 1. The molecule has 0 radical (unpaired) electrons. The van der Waals surface area contributed by atoms with Gasteiger partial charge in [0.1, 0.15) is 0 Å². The summed E-state index contributed by atoms with van der Waals surface area (Å²) in [7, 11) is 0. The Bertz CT molecular complexity index is 1180. The number of amides is 1. The van der Waals surface area contributed by atoms with Gasteiger partial charge in [0.25, 0.3) is 5.91 Å². The molecule has 2 heterocycles. The number of pyridine rings is 1.